The zero-order chi connectivity index (χ0) is 17.9. The monoisotopic (exact) mass is 350 g/mol. The first kappa shape index (κ1) is 18.3. The highest BCUT2D eigenvalue weighted by atomic mass is 16.3. The SMILES string of the molecule is C[C@]12CC[C@H](O)C[C@@H]1CC[C@@H]1[C@@H]2CC[C@@]2(C)[C@H]1CC[C@@]2(O)CCCO. The maximum atomic E-state index is 11.5. The van der Waals surface area contributed by atoms with Gasteiger partial charge in [0.1, 0.15) is 0 Å². The van der Waals surface area contributed by atoms with Gasteiger partial charge in [0.25, 0.3) is 0 Å². The maximum absolute atomic E-state index is 11.5. The lowest BCUT2D eigenvalue weighted by atomic mass is 9.44. The van der Waals surface area contributed by atoms with Gasteiger partial charge >= 0.3 is 0 Å². The van der Waals surface area contributed by atoms with Gasteiger partial charge < -0.3 is 15.3 Å². The molecular weight excluding hydrogens is 312 g/mol. The van der Waals surface area contributed by atoms with Gasteiger partial charge in [-0.2, -0.15) is 0 Å². The molecule has 0 aromatic heterocycles. The van der Waals surface area contributed by atoms with E-state index in [-0.39, 0.29) is 18.1 Å². The van der Waals surface area contributed by atoms with Gasteiger partial charge in [-0.25, -0.2) is 0 Å². The van der Waals surface area contributed by atoms with Crippen LogP contribution in [0, 0.1) is 34.5 Å². The molecule has 0 aromatic rings. The van der Waals surface area contributed by atoms with Crippen molar-refractivity contribution >= 4 is 0 Å². The van der Waals surface area contributed by atoms with E-state index in [4.69, 9.17) is 0 Å². The molecule has 0 aromatic carbocycles. The molecule has 0 heterocycles. The minimum atomic E-state index is -0.564. The van der Waals surface area contributed by atoms with Crippen molar-refractivity contribution in [2.24, 2.45) is 34.5 Å². The molecule has 4 saturated carbocycles. The minimum absolute atomic E-state index is 0.0424. The molecule has 0 saturated heterocycles. The van der Waals surface area contributed by atoms with Gasteiger partial charge in [-0.05, 0) is 105 Å². The summed E-state index contributed by atoms with van der Waals surface area (Å²) >= 11 is 0. The molecule has 0 bridgehead atoms. The average Bonchev–Trinajstić information content (AvgIpc) is 2.85. The van der Waals surface area contributed by atoms with Crippen LogP contribution in [0.4, 0.5) is 0 Å². The van der Waals surface area contributed by atoms with Crippen LogP contribution in [-0.2, 0) is 0 Å². The van der Waals surface area contributed by atoms with Crippen molar-refractivity contribution in [3.8, 4) is 0 Å². The van der Waals surface area contributed by atoms with Gasteiger partial charge in [-0.1, -0.05) is 13.8 Å². The van der Waals surface area contributed by atoms with Crippen molar-refractivity contribution in [2.75, 3.05) is 6.61 Å². The molecule has 3 nitrogen and oxygen atoms in total. The maximum Gasteiger partial charge on any atom is 0.0704 e. The molecule has 4 aliphatic rings. The molecule has 4 fully saturated rings. The molecule has 0 spiro atoms. The second kappa shape index (κ2) is 6.21. The van der Waals surface area contributed by atoms with Crippen molar-refractivity contribution in [1.82, 2.24) is 0 Å². The summed E-state index contributed by atoms with van der Waals surface area (Å²) in [4.78, 5) is 0. The Balaban J connectivity index is 1.58. The Kier molecular flexibility index (Phi) is 4.53. The van der Waals surface area contributed by atoms with Crippen LogP contribution in [0.25, 0.3) is 0 Å². The Bertz CT molecular complexity index is 508. The standard InChI is InChI=1S/C22H38O3/c1-20-10-6-16(24)14-15(20)4-5-17-18(20)7-11-21(2)19(17)8-12-22(21,25)9-3-13-23/h15-19,23-25H,3-14H2,1-2H3/t15-,16-,17+,18-,19-,20-,21-,22-/m0/s1. The molecule has 3 N–H and O–H groups in total. The number of rotatable bonds is 3. The fraction of sp³-hybridized carbons (Fsp3) is 1.00. The van der Waals surface area contributed by atoms with Crippen LogP contribution in [0.3, 0.4) is 0 Å². The Morgan fingerprint density at radius 1 is 0.920 bits per heavy atom. The topological polar surface area (TPSA) is 60.7 Å². The summed E-state index contributed by atoms with van der Waals surface area (Å²) in [6.07, 6.45) is 11.7. The van der Waals surface area contributed by atoms with Gasteiger partial charge in [0.15, 0.2) is 0 Å². The fourth-order valence-electron chi connectivity index (χ4n) is 8.13. The van der Waals surface area contributed by atoms with E-state index in [0.717, 1.165) is 50.4 Å². The lowest BCUT2D eigenvalue weighted by Gasteiger charge is -2.61. The van der Waals surface area contributed by atoms with E-state index >= 15 is 0 Å². The van der Waals surface area contributed by atoms with Gasteiger partial charge in [0, 0.05) is 6.61 Å². The second-order valence-electron chi connectivity index (χ2n) is 10.4. The Morgan fingerprint density at radius 2 is 1.68 bits per heavy atom. The molecular formula is C22H38O3. The zero-order valence-corrected chi connectivity index (χ0v) is 16.2. The molecule has 0 amide bonds. The average molecular weight is 351 g/mol. The van der Waals surface area contributed by atoms with Crippen molar-refractivity contribution in [1.29, 1.82) is 0 Å². The Hall–Kier alpha value is -0.120. The van der Waals surface area contributed by atoms with E-state index in [2.05, 4.69) is 13.8 Å². The number of aliphatic hydroxyl groups excluding tert-OH is 2. The predicted octanol–water partition coefficient (Wildman–Crippen LogP) is 3.89. The van der Waals surface area contributed by atoms with E-state index in [1.54, 1.807) is 0 Å². The van der Waals surface area contributed by atoms with Crippen LogP contribution in [0.15, 0.2) is 0 Å². The molecule has 8 atom stereocenters. The summed E-state index contributed by atoms with van der Waals surface area (Å²) in [7, 11) is 0. The Labute approximate surface area is 153 Å². The van der Waals surface area contributed by atoms with Crippen LogP contribution in [0.1, 0.15) is 84.5 Å². The van der Waals surface area contributed by atoms with Gasteiger partial charge in [-0.3, -0.25) is 0 Å². The van der Waals surface area contributed by atoms with Crippen LogP contribution in [0.2, 0.25) is 0 Å². The third kappa shape index (κ3) is 2.56. The number of fused-ring (bicyclic) bond motifs is 5. The molecule has 4 rings (SSSR count). The molecule has 0 unspecified atom stereocenters. The van der Waals surface area contributed by atoms with E-state index in [0.29, 0.717) is 17.3 Å². The van der Waals surface area contributed by atoms with Crippen LogP contribution in [0.5, 0.6) is 0 Å². The van der Waals surface area contributed by atoms with Crippen LogP contribution < -0.4 is 0 Å². The summed E-state index contributed by atoms with van der Waals surface area (Å²) in [5.41, 5.74) is -0.109. The largest absolute Gasteiger partial charge is 0.396 e. The van der Waals surface area contributed by atoms with Gasteiger partial charge in [-0.15, -0.1) is 0 Å². The third-order valence-corrected chi connectivity index (χ3v) is 9.71. The summed E-state index contributed by atoms with van der Waals surface area (Å²) < 4.78 is 0. The number of aliphatic hydroxyl groups is 3. The van der Waals surface area contributed by atoms with Crippen molar-refractivity contribution in [3.05, 3.63) is 0 Å². The van der Waals surface area contributed by atoms with Gasteiger partial charge in [0.05, 0.1) is 11.7 Å². The van der Waals surface area contributed by atoms with Crippen molar-refractivity contribution in [2.45, 2.75) is 96.2 Å². The quantitative estimate of drug-likeness (QED) is 0.723. The fourth-order valence-corrected chi connectivity index (χ4v) is 8.13. The van der Waals surface area contributed by atoms with Crippen molar-refractivity contribution < 1.29 is 15.3 Å². The molecule has 0 radical (unpaired) electrons. The smallest absolute Gasteiger partial charge is 0.0704 e. The van der Waals surface area contributed by atoms with Gasteiger partial charge in [0.2, 0.25) is 0 Å². The lowest BCUT2D eigenvalue weighted by molar-refractivity contribution is -0.160. The third-order valence-electron chi connectivity index (χ3n) is 9.71. The zero-order valence-electron chi connectivity index (χ0n) is 16.2. The number of hydrogen-bond donors (Lipinski definition) is 3. The predicted molar refractivity (Wildman–Crippen MR) is 99.0 cm³/mol. The normalized spacial score (nSPS) is 55.3. The van der Waals surface area contributed by atoms with Crippen molar-refractivity contribution in [3.63, 3.8) is 0 Å². The highest BCUT2D eigenvalue weighted by molar-refractivity contribution is 5.13. The summed E-state index contributed by atoms with van der Waals surface area (Å²) in [5, 5.41) is 30.9. The molecule has 3 heteroatoms. The molecule has 4 aliphatic carbocycles. The summed E-state index contributed by atoms with van der Waals surface area (Å²) in [6, 6.07) is 0. The molecule has 25 heavy (non-hydrogen) atoms. The summed E-state index contributed by atoms with van der Waals surface area (Å²) in [5.74, 6) is 2.91. The first-order chi connectivity index (χ1) is 11.8. The second-order valence-corrected chi connectivity index (χ2v) is 10.4. The van der Waals surface area contributed by atoms with E-state index < -0.39 is 5.60 Å². The first-order valence-electron chi connectivity index (χ1n) is 10.9. The first-order valence-corrected chi connectivity index (χ1v) is 10.9. The van der Waals surface area contributed by atoms with E-state index in [1.807, 2.05) is 0 Å². The van der Waals surface area contributed by atoms with E-state index in [1.165, 1.54) is 32.1 Å². The highest BCUT2D eigenvalue weighted by Crippen LogP contribution is 2.68. The van der Waals surface area contributed by atoms with E-state index in [9.17, 15) is 15.3 Å². The highest BCUT2D eigenvalue weighted by Gasteiger charge is 2.64. The number of hydrogen-bond acceptors (Lipinski definition) is 3. The van der Waals surface area contributed by atoms with Crippen LogP contribution >= 0.6 is 0 Å². The molecule has 0 aliphatic heterocycles. The summed E-state index contributed by atoms with van der Waals surface area (Å²) in [6.45, 7) is 5.07. The lowest BCUT2D eigenvalue weighted by Crippen LogP contribution is -2.56. The Morgan fingerprint density at radius 3 is 2.44 bits per heavy atom. The minimum Gasteiger partial charge on any atom is -0.396 e. The molecule has 144 valence electrons. The van der Waals surface area contributed by atoms with Crippen LogP contribution in [-0.4, -0.2) is 33.6 Å².